The molecule has 11 aromatic carbocycles. The van der Waals surface area contributed by atoms with Gasteiger partial charge >= 0.3 is 0 Å². The first-order valence-electron chi connectivity index (χ1n) is 18.5. The highest BCUT2D eigenvalue weighted by Gasteiger charge is 2.30. The van der Waals surface area contributed by atoms with Crippen LogP contribution in [0.15, 0.2) is 176 Å². The Kier molecular flexibility index (Phi) is 5.17. The van der Waals surface area contributed by atoms with E-state index < -0.39 is 0 Å². The standard InChI is InChI=1S/C52H29N/c1-3-11-30(12-4-1)53(31-13-5-2-6-14-31)32-19-20-35-38-21-22-39-41-25-27-44-50-36-17-9-7-15-33(36)34-16-8-10-18-37(34)51(50)45-28-26-42(49(41)52(44)45)40-23-24-43(46(35)29-32)47(38)48(39)40/h1-29H. The summed E-state index contributed by atoms with van der Waals surface area (Å²) in [6.07, 6.45) is 0. The fraction of sp³-hybridized carbons (Fsp3) is 0. The molecule has 0 fully saturated rings. The van der Waals surface area contributed by atoms with Crippen molar-refractivity contribution < 1.29 is 0 Å². The lowest BCUT2D eigenvalue weighted by Crippen LogP contribution is -2.09. The summed E-state index contributed by atoms with van der Waals surface area (Å²) in [5, 5.41) is 16.2. The van der Waals surface area contributed by atoms with Crippen LogP contribution in [0.4, 0.5) is 17.1 Å². The maximum Gasteiger partial charge on any atom is 0.0468 e. The average Bonchev–Trinajstić information content (AvgIpc) is 3.74. The van der Waals surface area contributed by atoms with Gasteiger partial charge in [-0.1, -0.05) is 140 Å². The van der Waals surface area contributed by atoms with E-state index in [9.17, 15) is 0 Å². The van der Waals surface area contributed by atoms with Gasteiger partial charge in [0.15, 0.2) is 0 Å². The third kappa shape index (κ3) is 3.43. The first kappa shape index (κ1) is 27.7. The van der Waals surface area contributed by atoms with Crippen molar-refractivity contribution >= 4 is 81.7 Å². The van der Waals surface area contributed by atoms with Crippen molar-refractivity contribution in [1.29, 1.82) is 0 Å². The number of rotatable bonds is 3. The Morgan fingerprint density at radius 2 is 0.623 bits per heavy atom. The second-order valence-electron chi connectivity index (χ2n) is 14.7. The molecule has 242 valence electrons. The molecule has 0 spiro atoms. The molecule has 0 heterocycles. The quantitative estimate of drug-likeness (QED) is 0.134. The van der Waals surface area contributed by atoms with Crippen molar-refractivity contribution in [2.45, 2.75) is 0 Å². The minimum absolute atomic E-state index is 1.15. The van der Waals surface area contributed by atoms with Crippen LogP contribution in [0.2, 0.25) is 0 Å². The zero-order chi connectivity index (χ0) is 34.4. The van der Waals surface area contributed by atoms with E-state index in [2.05, 4.69) is 181 Å². The summed E-state index contributed by atoms with van der Waals surface area (Å²) in [7, 11) is 0. The Labute approximate surface area is 305 Å². The Balaban J connectivity index is 1.08. The van der Waals surface area contributed by atoms with E-state index in [1.807, 2.05) is 0 Å². The molecule has 0 radical (unpaired) electrons. The monoisotopic (exact) mass is 667 g/mol. The SMILES string of the molecule is c1ccc(N(c2ccccc2)c2ccc3c(c2)-c2ccc4c5ccc6c7c(ccc(c8ccc-3c2c84)c75)-c2c-6c3ccccc3c3ccccc23)cc1. The lowest BCUT2D eigenvalue weighted by molar-refractivity contribution is 1.28. The first-order valence-corrected chi connectivity index (χ1v) is 18.5. The molecule has 11 aromatic rings. The molecule has 53 heavy (non-hydrogen) atoms. The van der Waals surface area contributed by atoms with Crippen LogP contribution >= 0.6 is 0 Å². The van der Waals surface area contributed by atoms with Crippen molar-refractivity contribution in [3.63, 3.8) is 0 Å². The molecule has 0 saturated heterocycles. The highest BCUT2D eigenvalue weighted by Crippen LogP contribution is 2.58. The largest absolute Gasteiger partial charge is 0.310 e. The van der Waals surface area contributed by atoms with Crippen LogP contribution in [0.3, 0.4) is 0 Å². The van der Waals surface area contributed by atoms with E-state index in [1.54, 1.807) is 0 Å². The van der Waals surface area contributed by atoms with Gasteiger partial charge in [-0.25, -0.2) is 0 Å². The number of anilines is 3. The van der Waals surface area contributed by atoms with Crippen LogP contribution in [0, 0.1) is 0 Å². The number of benzene rings is 11. The summed E-state index contributed by atoms with van der Waals surface area (Å²) in [5.74, 6) is 0. The lowest BCUT2D eigenvalue weighted by atomic mass is 9.86. The van der Waals surface area contributed by atoms with Gasteiger partial charge in [0.25, 0.3) is 0 Å². The van der Waals surface area contributed by atoms with E-state index in [1.165, 1.54) is 109 Å². The molecular weight excluding hydrogens is 639 g/mol. The average molecular weight is 668 g/mol. The Bertz CT molecular complexity index is 3220. The molecule has 0 amide bonds. The summed E-state index contributed by atoms with van der Waals surface area (Å²) in [4.78, 5) is 2.36. The highest BCUT2D eigenvalue weighted by molar-refractivity contribution is 6.41. The molecule has 0 aliphatic heterocycles. The van der Waals surface area contributed by atoms with Crippen LogP contribution in [-0.2, 0) is 0 Å². The summed E-state index contributed by atoms with van der Waals surface area (Å²) >= 11 is 0. The predicted molar refractivity (Wildman–Crippen MR) is 226 cm³/mol. The molecule has 0 atom stereocenters. The van der Waals surface area contributed by atoms with Gasteiger partial charge in [0.1, 0.15) is 0 Å². The summed E-state index contributed by atoms with van der Waals surface area (Å²) in [6.45, 7) is 0. The minimum Gasteiger partial charge on any atom is -0.310 e. The molecule has 0 saturated carbocycles. The predicted octanol–water partition coefficient (Wildman–Crippen LogP) is 14.8. The van der Waals surface area contributed by atoms with Crippen LogP contribution in [-0.4, -0.2) is 0 Å². The van der Waals surface area contributed by atoms with Crippen LogP contribution in [0.5, 0.6) is 0 Å². The van der Waals surface area contributed by atoms with Crippen molar-refractivity contribution in [2.75, 3.05) is 4.90 Å². The van der Waals surface area contributed by atoms with Crippen molar-refractivity contribution in [2.24, 2.45) is 0 Å². The molecule has 13 rings (SSSR count). The first-order chi connectivity index (χ1) is 26.3. The Morgan fingerprint density at radius 1 is 0.226 bits per heavy atom. The maximum absolute atomic E-state index is 2.41. The summed E-state index contributed by atoms with van der Waals surface area (Å²) < 4.78 is 0. The molecular formula is C52H29N. The summed E-state index contributed by atoms with van der Waals surface area (Å²) in [6, 6.07) is 65.6. The number of hydrogen-bond donors (Lipinski definition) is 0. The van der Waals surface area contributed by atoms with Crippen LogP contribution in [0.25, 0.3) is 109 Å². The van der Waals surface area contributed by atoms with Gasteiger partial charge in [-0.15, -0.1) is 0 Å². The van der Waals surface area contributed by atoms with Gasteiger partial charge in [0.2, 0.25) is 0 Å². The van der Waals surface area contributed by atoms with Gasteiger partial charge < -0.3 is 4.90 Å². The van der Waals surface area contributed by atoms with E-state index in [0.29, 0.717) is 0 Å². The molecule has 0 bridgehead atoms. The van der Waals surface area contributed by atoms with E-state index in [4.69, 9.17) is 0 Å². The molecule has 0 aromatic heterocycles. The fourth-order valence-electron chi connectivity index (χ4n) is 10.2. The molecule has 1 heteroatoms. The lowest BCUT2D eigenvalue weighted by Gasteiger charge is -2.26. The van der Waals surface area contributed by atoms with Gasteiger partial charge in [-0.3, -0.25) is 0 Å². The Hall–Kier alpha value is -6.96. The van der Waals surface area contributed by atoms with Crippen molar-refractivity contribution in [3.8, 4) is 44.5 Å². The van der Waals surface area contributed by atoms with Crippen molar-refractivity contribution in [3.05, 3.63) is 176 Å². The topological polar surface area (TPSA) is 3.24 Å². The van der Waals surface area contributed by atoms with Crippen LogP contribution in [0.1, 0.15) is 0 Å². The molecule has 0 N–H and O–H groups in total. The second kappa shape index (κ2) is 9.88. The minimum atomic E-state index is 1.15. The van der Waals surface area contributed by atoms with Gasteiger partial charge in [0.05, 0.1) is 0 Å². The normalized spacial score (nSPS) is 12.5. The molecule has 0 unspecified atom stereocenters. The zero-order valence-electron chi connectivity index (χ0n) is 28.7. The number of nitrogens with zero attached hydrogens (tertiary/aromatic N) is 1. The molecule has 1 nitrogen and oxygen atoms in total. The zero-order valence-corrected chi connectivity index (χ0v) is 28.7. The van der Waals surface area contributed by atoms with Crippen molar-refractivity contribution in [1.82, 2.24) is 0 Å². The molecule has 2 aliphatic rings. The van der Waals surface area contributed by atoms with E-state index >= 15 is 0 Å². The number of hydrogen-bond acceptors (Lipinski definition) is 1. The van der Waals surface area contributed by atoms with Crippen LogP contribution < -0.4 is 4.90 Å². The fourth-order valence-corrected chi connectivity index (χ4v) is 10.2. The number of fused-ring (bicyclic) bond motifs is 13. The van der Waals surface area contributed by atoms with Gasteiger partial charge in [-0.2, -0.15) is 0 Å². The van der Waals surface area contributed by atoms with E-state index in [0.717, 1.165) is 17.1 Å². The second-order valence-corrected chi connectivity index (χ2v) is 14.7. The number of para-hydroxylation sites is 2. The third-order valence-electron chi connectivity index (χ3n) is 12.2. The highest BCUT2D eigenvalue weighted by atomic mass is 15.1. The Morgan fingerprint density at radius 3 is 1.13 bits per heavy atom. The maximum atomic E-state index is 2.41. The summed E-state index contributed by atoms with van der Waals surface area (Å²) in [5.41, 5.74) is 14.2. The third-order valence-corrected chi connectivity index (χ3v) is 12.2. The smallest absolute Gasteiger partial charge is 0.0468 e. The molecule has 2 aliphatic carbocycles. The van der Waals surface area contributed by atoms with E-state index in [-0.39, 0.29) is 0 Å². The van der Waals surface area contributed by atoms with Gasteiger partial charge in [-0.05, 0) is 146 Å². The van der Waals surface area contributed by atoms with Gasteiger partial charge in [0, 0.05) is 17.1 Å².